The lowest BCUT2D eigenvalue weighted by atomic mass is 10.0. The van der Waals surface area contributed by atoms with Crippen molar-refractivity contribution in [2.75, 3.05) is 32.6 Å². The zero-order valence-corrected chi connectivity index (χ0v) is 17.7. The molecular formula is C21H26N2O5S. The lowest BCUT2D eigenvalue weighted by molar-refractivity contribution is 0.102. The van der Waals surface area contributed by atoms with Gasteiger partial charge in [0, 0.05) is 42.5 Å². The second-order valence-corrected chi connectivity index (χ2v) is 9.13. The molecule has 1 aliphatic rings. The highest BCUT2D eigenvalue weighted by molar-refractivity contribution is 7.89. The van der Waals surface area contributed by atoms with Crippen molar-refractivity contribution >= 4 is 21.6 Å². The van der Waals surface area contributed by atoms with Gasteiger partial charge in [0.15, 0.2) is 0 Å². The highest BCUT2D eigenvalue weighted by Gasteiger charge is 2.28. The summed E-state index contributed by atoms with van der Waals surface area (Å²) in [6.45, 7) is 3.12. The number of carbonyl (C=O) groups is 1. The number of rotatable bonds is 6. The first-order valence-electron chi connectivity index (χ1n) is 9.48. The van der Waals surface area contributed by atoms with Crippen LogP contribution in [0.15, 0.2) is 47.4 Å². The Kier molecular flexibility index (Phi) is 6.44. The maximum absolute atomic E-state index is 12.8. The second-order valence-electron chi connectivity index (χ2n) is 7.19. The zero-order chi connectivity index (χ0) is 21.0. The lowest BCUT2D eigenvalue weighted by Crippen LogP contribution is -2.39. The van der Waals surface area contributed by atoms with Gasteiger partial charge in [-0.2, -0.15) is 4.31 Å². The summed E-state index contributed by atoms with van der Waals surface area (Å²) in [7, 11) is -0.485. The molecule has 1 fully saturated rings. The number of hydrogen-bond donors (Lipinski definition) is 1. The largest absolute Gasteiger partial charge is 0.497 e. The minimum atomic E-state index is -3.55. The average molecular weight is 419 g/mol. The molecule has 0 aromatic heterocycles. The van der Waals surface area contributed by atoms with Gasteiger partial charge in [-0.05, 0) is 43.0 Å². The van der Waals surface area contributed by atoms with Gasteiger partial charge in [-0.25, -0.2) is 8.42 Å². The maximum atomic E-state index is 12.8. The fourth-order valence-electron chi connectivity index (χ4n) is 3.37. The third-order valence-corrected chi connectivity index (χ3v) is 6.86. The van der Waals surface area contributed by atoms with Crippen molar-refractivity contribution in [3.05, 3.63) is 48.0 Å². The maximum Gasteiger partial charge on any atom is 0.255 e. The molecule has 29 heavy (non-hydrogen) atoms. The van der Waals surface area contributed by atoms with Gasteiger partial charge in [0.1, 0.15) is 11.5 Å². The molecule has 0 radical (unpaired) electrons. The molecule has 1 heterocycles. The Labute approximate surface area is 171 Å². The zero-order valence-electron chi connectivity index (χ0n) is 16.8. The third kappa shape index (κ3) is 4.89. The van der Waals surface area contributed by atoms with Crippen LogP contribution in [0.25, 0.3) is 0 Å². The van der Waals surface area contributed by atoms with E-state index >= 15 is 0 Å². The van der Waals surface area contributed by atoms with Crippen LogP contribution in [0.3, 0.4) is 0 Å². The molecule has 2 aromatic carbocycles. The summed E-state index contributed by atoms with van der Waals surface area (Å²) in [4.78, 5) is 12.8. The van der Waals surface area contributed by atoms with E-state index in [4.69, 9.17) is 9.47 Å². The quantitative estimate of drug-likeness (QED) is 0.777. The molecule has 7 nitrogen and oxygen atoms in total. The fraction of sp³-hybridized carbons (Fsp3) is 0.381. The first-order valence-corrected chi connectivity index (χ1v) is 10.9. The summed E-state index contributed by atoms with van der Waals surface area (Å²) in [6.07, 6.45) is 1.91. The second kappa shape index (κ2) is 8.84. The van der Waals surface area contributed by atoms with E-state index in [9.17, 15) is 13.2 Å². The molecule has 156 valence electrons. The molecule has 1 amide bonds. The highest BCUT2D eigenvalue weighted by atomic mass is 32.2. The number of benzene rings is 2. The summed E-state index contributed by atoms with van der Waals surface area (Å²) >= 11 is 0. The average Bonchev–Trinajstić information content (AvgIpc) is 2.73. The smallest absolute Gasteiger partial charge is 0.255 e. The van der Waals surface area contributed by atoms with Crippen LogP contribution in [-0.4, -0.2) is 45.9 Å². The molecule has 0 spiro atoms. The van der Waals surface area contributed by atoms with Crippen molar-refractivity contribution < 1.29 is 22.7 Å². The lowest BCUT2D eigenvalue weighted by Gasteiger charge is -2.30. The van der Waals surface area contributed by atoms with Crippen LogP contribution < -0.4 is 14.8 Å². The van der Waals surface area contributed by atoms with Gasteiger partial charge in [-0.3, -0.25) is 4.79 Å². The van der Waals surface area contributed by atoms with Gasteiger partial charge in [0.2, 0.25) is 10.0 Å². The van der Waals surface area contributed by atoms with Crippen LogP contribution in [0.1, 0.15) is 30.1 Å². The molecule has 1 saturated heterocycles. The van der Waals surface area contributed by atoms with Gasteiger partial charge in [-0.15, -0.1) is 0 Å². The summed E-state index contributed by atoms with van der Waals surface area (Å²) in [6, 6.07) is 11.1. The number of piperidine rings is 1. The van der Waals surface area contributed by atoms with Gasteiger partial charge in [0.25, 0.3) is 5.91 Å². The van der Waals surface area contributed by atoms with E-state index in [0.29, 0.717) is 41.8 Å². The first kappa shape index (κ1) is 21.1. The molecule has 1 unspecified atom stereocenters. The van der Waals surface area contributed by atoms with E-state index in [1.165, 1.54) is 42.8 Å². The number of ether oxygens (including phenoxy) is 2. The van der Waals surface area contributed by atoms with Crippen LogP contribution in [0.4, 0.5) is 5.69 Å². The van der Waals surface area contributed by atoms with E-state index in [-0.39, 0.29) is 10.8 Å². The van der Waals surface area contributed by atoms with Crippen LogP contribution in [0.2, 0.25) is 0 Å². The normalized spacial score (nSPS) is 17.6. The molecule has 1 N–H and O–H groups in total. The fourth-order valence-corrected chi connectivity index (χ4v) is 4.97. The monoisotopic (exact) mass is 418 g/mol. The minimum absolute atomic E-state index is 0.200. The summed E-state index contributed by atoms with van der Waals surface area (Å²) in [5, 5.41) is 2.78. The number of amides is 1. The number of nitrogens with zero attached hydrogens (tertiary/aromatic N) is 1. The molecule has 8 heteroatoms. The Balaban J connectivity index is 1.75. The topological polar surface area (TPSA) is 84.9 Å². The summed E-state index contributed by atoms with van der Waals surface area (Å²) in [5.41, 5.74) is 0.878. The Morgan fingerprint density at radius 2 is 1.69 bits per heavy atom. The van der Waals surface area contributed by atoms with Crippen molar-refractivity contribution in [1.29, 1.82) is 0 Å². The summed E-state index contributed by atoms with van der Waals surface area (Å²) < 4.78 is 37.6. The van der Waals surface area contributed by atoms with Crippen LogP contribution in [-0.2, 0) is 10.0 Å². The van der Waals surface area contributed by atoms with Gasteiger partial charge < -0.3 is 14.8 Å². The van der Waals surface area contributed by atoms with E-state index in [0.717, 1.165) is 12.8 Å². The van der Waals surface area contributed by atoms with Gasteiger partial charge in [0.05, 0.1) is 19.1 Å². The number of methoxy groups -OCH3 is 2. The van der Waals surface area contributed by atoms with E-state index in [2.05, 4.69) is 12.2 Å². The standard InChI is InChI=1S/C21H26N2O5S/c1-15-5-4-10-23(14-15)29(25,26)20-8-6-16(7-9-20)21(24)22-17-11-18(27-2)13-19(12-17)28-3/h6-9,11-13,15H,4-5,10,14H2,1-3H3,(H,22,24). The number of anilines is 1. The minimum Gasteiger partial charge on any atom is -0.497 e. The van der Waals surface area contributed by atoms with Crippen LogP contribution in [0.5, 0.6) is 11.5 Å². The summed E-state index contributed by atoms with van der Waals surface area (Å²) in [5.74, 6) is 1.10. The highest BCUT2D eigenvalue weighted by Crippen LogP contribution is 2.27. The van der Waals surface area contributed by atoms with Gasteiger partial charge >= 0.3 is 0 Å². The Morgan fingerprint density at radius 3 is 2.24 bits per heavy atom. The van der Waals surface area contributed by atoms with Crippen molar-refractivity contribution in [2.24, 2.45) is 5.92 Å². The van der Waals surface area contributed by atoms with Gasteiger partial charge in [-0.1, -0.05) is 6.92 Å². The Hall–Kier alpha value is -2.58. The molecule has 0 bridgehead atoms. The van der Waals surface area contributed by atoms with Crippen LogP contribution >= 0.6 is 0 Å². The Bertz CT molecular complexity index is 951. The van der Waals surface area contributed by atoms with Crippen molar-refractivity contribution in [3.8, 4) is 11.5 Å². The number of nitrogens with one attached hydrogen (secondary N) is 1. The van der Waals surface area contributed by atoms with E-state index < -0.39 is 10.0 Å². The molecule has 1 aliphatic heterocycles. The molecule has 1 atom stereocenters. The first-order chi connectivity index (χ1) is 13.8. The predicted octanol–water partition coefficient (Wildman–Crippen LogP) is 3.38. The van der Waals surface area contributed by atoms with E-state index in [1.54, 1.807) is 18.2 Å². The van der Waals surface area contributed by atoms with Crippen molar-refractivity contribution in [1.82, 2.24) is 4.31 Å². The predicted molar refractivity (Wildman–Crippen MR) is 111 cm³/mol. The molecular weight excluding hydrogens is 392 g/mol. The van der Waals surface area contributed by atoms with Crippen molar-refractivity contribution in [2.45, 2.75) is 24.7 Å². The van der Waals surface area contributed by atoms with Crippen LogP contribution in [0, 0.1) is 5.92 Å². The van der Waals surface area contributed by atoms with Crippen molar-refractivity contribution in [3.63, 3.8) is 0 Å². The molecule has 0 saturated carbocycles. The number of hydrogen-bond acceptors (Lipinski definition) is 5. The SMILES string of the molecule is COc1cc(NC(=O)c2ccc(S(=O)(=O)N3CCCC(C)C3)cc2)cc(OC)c1. The molecule has 3 rings (SSSR count). The Morgan fingerprint density at radius 1 is 1.07 bits per heavy atom. The number of carbonyl (C=O) groups excluding carboxylic acids is 1. The third-order valence-electron chi connectivity index (χ3n) is 4.98. The molecule has 2 aromatic rings. The molecule has 0 aliphatic carbocycles. The number of sulfonamides is 1. The van der Waals surface area contributed by atoms with E-state index in [1.807, 2.05) is 0 Å².